The number of amides is 3. The Balaban J connectivity index is 2.65. The Morgan fingerprint density at radius 2 is 1.50 bits per heavy atom. The SMILES string of the molecule is Cc1ccc(C)c(C(C(=O)NC(C)C)N(C(=O)C(Cc2ccccc2)NC(=O)OC(C)(C)C)C(C)(C)C)c1. The number of aryl methyl sites for hydroxylation is 2. The fraction of sp³-hybridized carbons (Fsp3) is 0.516. The first-order chi connectivity index (χ1) is 17.5. The summed E-state index contributed by atoms with van der Waals surface area (Å²) in [4.78, 5) is 42.7. The molecule has 0 radical (unpaired) electrons. The highest BCUT2D eigenvalue weighted by molar-refractivity contribution is 5.93. The van der Waals surface area contributed by atoms with Crippen molar-refractivity contribution in [3.63, 3.8) is 0 Å². The first kappa shape index (κ1) is 30.9. The van der Waals surface area contributed by atoms with Crippen LogP contribution < -0.4 is 10.6 Å². The predicted molar refractivity (Wildman–Crippen MR) is 152 cm³/mol. The number of ether oxygens (including phenoxy) is 1. The number of hydrogen-bond acceptors (Lipinski definition) is 4. The number of nitrogens with zero attached hydrogens (tertiary/aromatic N) is 1. The Hall–Kier alpha value is -3.35. The summed E-state index contributed by atoms with van der Waals surface area (Å²) >= 11 is 0. The quantitative estimate of drug-likeness (QED) is 0.469. The number of alkyl carbamates (subject to hydrolysis) is 1. The molecular weight excluding hydrogens is 478 g/mol. The van der Waals surface area contributed by atoms with Gasteiger partial charge in [0.15, 0.2) is 0 Å². The first-order valence-corrected chi connectivity index (χ1v) is 13.2. The second-order valence-corrected chi connectivity index (χ2v) is 12.2. The molecule has 2 N–H and O–H groups in total. The minimum absolute atomic E-state index is 0.118. The molecule has 0 aliphatic heterocycles. The van der Waals surface area contributed by atoms with E-state index in [0.29, 0.717) is 0 Å². The Kier molecular flexibility index (Phi) is 10.1. The molecular formula is C31H45N3O4. The van der Waals surface area contributed by atoms with Crippen molar-refractivity contribution in [1.29, 1.82) is 0 Å². The van der Waals surface area contributed by atoms with Gasteiger partial charge >= 0.3 is 6.09 Å². The van der Waals surface area contributed by atoms with E-state index in [1.807, 2.05) is 97.0 Å². The second-order valence-electron chi connectivity index (χ2n) is 12.2. The third-order valence-electron chi connectivity index (χ3n) is 5.90. The average Bonchev–Trinajstić information content (AvgIpc) is 2.76. The molecule has 2 unspecified atom stereocenters. The van der Waals surface area contributed by atoms with Crippen molar-refractivity contribution in [2.24, 2.45) is 0 Å². The summed E-state index contributed by atoms with van der Waals surface area (Å²) < 4.78 is 5.50. The molecule has 7 nitrogen and oxygen atoms in total. The molecule has 0 fully saturated rings. The van der Waals surface area contributed by atoms with E-state index in [0.717, 1.165) is 22.3 Å². The molecule has 2 rings (SSSR count). The normalized spacial score (nSPS) is 13.4. The van der Waals surface area contributed by atoms with Crippen molar-refractivity contribution in [2.45, 2.75) is 105 Å². The van der Waals surface area contributed by atoms with E-state index in [9.17, 15) is 14.4 Å². The average molecular weight is 524 g/mol. The van der Waals surface area contributed by atoms with Crippen LogP contribution in [0.3, 0.4) is 0 Å². The molecule has 0 aromatic heterocycles. The van der Waals surface area contributed by atoms with Crippen molar-refractivity contribution >= 4 is 17.9 Å². The fourth-order valence-corrected chi connectivity index (χ4v) is 4.33. The summed E-state index contributed by atoms with van der Waals surface area (Å²) in [6.07, 6.45) is -0.438. The lowest BCUT2D eigenvalue weighted by molar-refractivity contribution is -0.148. The van der Waals surface area contributed by atoms with Crippen molar-refractivity contribution in [2.75, 3.05) is 0 Å². The lowest BCUT2D eigenvalue weighted by Crippen LogP contribution is -2.59. The van der Waals surface area contributed by atoms with Gasteiger partial charge in [0.2, 0.25) is 11.8 Å². The maximum Gasteiger partial charge on any atom is 0.408 e. The zero-order chi connectivity index (χ0) is 28.8. The first-order valence-electron chi connectivity index (χ1n) is 13.2. The highest BCUT2D eigenvalue weighted by atomic mass is 16.6. The van der Waals surface area contributed by atoms with Gasteiger partial charge in [0.1, 0.15) is 17.7 Å². The third kappa shape index (κ3) is 8.89. The van der Waals surface area contributed by atoms with E-state index in [4.69, 9.17) is 4.74 Å². The molecule has 0 saturated carbocycles. The van der Waals surface area contributed by atoms with Crippen LogP contribution in [0.1, 0.15) is 83.7 Å². The Morgan fingerprint density at radius 3 is 2.03 bits per heavy atom. The van der Waals surface area contributed by atoms with Crippen molar-refractivity contribution in [3.8, 4) is 0 Å². The maximum absolute atomic E-state index is 14.5. The molecule has 2 atom stereocenters. The summed E-state index contributed by atoms with van der Waals surface area (Å²) in [5, 5.41) is 5.81. The zero-order valence-electron chi connectivity index (χ0n) is 24.6. The molecule has 0 aliphatic carbocycles. The van der Waals surface area contributed by atoms with Crippen LogP contribution in [0.5, 0.6) is 0 Å². The predicted octanol–water partition coefficient (Wildman–Crippen LogP) is 5.63. The van der Waals surface area contributed by atoms with Gasteiger partial charge < -0.3 is 20.3 Å². The molecule has 0 spiro atoms. The number of benzene rings is 2. The zero-order valence-corrected chi connectivity index (χ0v) is 24.6. The van der Waals surface area contributed by atoms with Gasteiger partial charge in [0.25, 0.3) is 0 Å². The van der Waals surface area contributed by atoms with Gasteiger partial charge in [0, 0.05) is 18.0 Å². The molecule has 208 valence electrons. The van der Waals surface area contributed by atoms with Crippen LogP contribution in [0.4, 0.5) is 4.79 Å². The molecule has 2 aromatic rings. The van der Waals surface area contributed by atoms with E-state index in [1.165, 1.54) is 0 Å². The van der Waals surface area contributed by atoms with E-state index in [1.54, 1.807) is 25.7 Å². The van der Waals surface area contributed by atoms with E-state index in [2.05, 4.69) is 10.6 Å². The van der Waals surface area contributed by atoms with Gasteiger partial charge in [-0.25, -0.2) is 4.79 Å². The molecule has 3 amide bonds. The van der Waals surface area contributed by atoms with Crippen LogP contribution >= 0.6 is 0 Å². The number of carbonyl (C=O) groups excluding carboxylic acids is 3. The largest absolute Gasteiger partial charge is 0.444 e. The van der Waals surface area contributed by atoms with Crippen molar-refractivity contribution < 1.29 is 19.1 Å². The van der Waals surface area contributed by atoms with Crippen LogP contribution in [-0.2, 0) is 20.7 Å². The lowest BCUT2D eigenvalue weighted by atomic mass is 9.91. The maximum atomic E-state index is 14.5. The summed E-state index contributed by atoms with van der Waals surface area (Å²) in [5.74, 6) is -0.635. The van der Waals surface area contributed by atoms with E-state index < -0.39 is 29.3 Å². The topological polar surface area (TPSA) is 87.7 Å². The van der Waals surface area contributed by atoms with Gasteiger partial charge in [-0.3, -0.25) is 9.59 Å². The summed E-state index contributed by atoms with van der Waals surface area (Å²) in [6.45, 7) is 18.7. The minimum atomic E-state index is -0.953. The molecule has 0 saturated heterocycles. The van der Waals surface area contributed by atoms with Crippen LogP contribution in [0.2, 0.25) is 0 Å². The van der Waals surface area contributed by atoms with Crippen LogP contribution in [0.25, 0.3) is 0 Å². The highest BCUT2D eigenvalue weighted by Gasteiger charge is 2.42. The molecule has 0 heterocycles. The highest BCUT2D eigenvalue weighted by Crippen LogP contribution is 2.33. The van der Waals surface area contributed by atoms with Gasteiger partial charge in [-0.1, -0.05) is 54.1 Å². The van der Waals surface area contributed by atoms with Crippen LogP contribution in [0.15, 0.2) is 48.5 Å². The lowest BCUT2D eigenvalue weighted by Gasteiger charge is -2.43. The van der Waals surface area contributed by atoms with Crippen molar-refractivity contribution in [1.82, 2.24) is 15.5 Å². The van der Waals surface area contributed by atoms with Crippen LogP contribution in [0, 0.1) is 13.8 Å². The minimum Gasteiger partial charge on any atom is -0.444 e. The number of nitrogens with one attached hydrogen (secondary N) is 2. The van der Waals surface area contributed by atoms with Gasteiger partial charge in [0.05, 0.1) is 0 Å². The third-order valence-corrected chi connectivity index (χ3v) is 5.90. The Bertz CT molecular complexity index is 1110. The number of carbonyl (C=O) groups is 3. The fourth-order valence-electron chi connectivity index (χ4n) is 4.33. The summed E-state index contributed by atoms with van der Waals surface area (Å²) in [5.41, 5.74) is 2.04. The van der Waals surface area contributed by atoms with Gasteiger partial charge in [-0.2, -0.15) is 0 Å². The molecule has 7 heteroatoms. The molecule has 38 heavy (non-hydrogen) atoms. The molecule has 0 bridgehead atoms. The molecule has 2 aromatic carbocycles. The number of hydrogen-bond donors (Lipinski definition) is 2. The Morgan fingerprint density at radius 1 is 0.895 bits per heavy atom. The monoisotopic (exact) mass is 523 g/mol. The second kappa shape index (κ2) is 12.5. The Labute approximate surface area is 228 Å². The number of rotatable bonds is 8. The van der Waals surface area contributed by atoms with Gasteiger partial charge in [-0.05, 0) is 85.9 Å². The van der Waals surface area contributed by atoms with Crippen LogP contribution in [-0.4, -0.2) is 46.0 Å². The van der Waals surface area contributed by atoms with Gasteiger partial charge in [-0.15, -0.1) is 0 Å². The standard InChI is InChI=1S/C31H45N3O4/c1-20(2)32-27(35)26(24-18-21(3)16-17-22(24)4)34(30(5,6)7)28(36)25(19-23-14-12-11-13-15-23)33-29(37)38-31(8,9)10/h11-18,20,25-26H,19H2,1-10H3,(H,32,35)(H,33,37). The van der Waals surface area contributed by atoms with Crippen molar-refractivity contribution in [3.05, 3.63) is 70.8 Å². The molecule has 0 aliphatic rings. The smallest absolute Gasteiger partial charge is 0.408 e. The van der Waals surface area contributed by atoms with E-state index in [-0.39, 0.29) is 24.3 Å². The summed E-state index contributed by atoms with van der Waals surface area (Å²) in [7, 11) is 0. The summed E-state index contributed by atoms with van der Waals surface area (Å²) in [6, 6.07) is 13.4. The van der Waals surface area contributed by atoms with E-state index >= 15 is 0 Å².